The Bertz CT molecular complexity index is 538. The summed E-state index contributed by atoms with van der Waals surface area (Å²) in [7, 11) is 0. The lowest BCUT2D eigenvalue weighted by Crippen LogP contribution is -2.44. The topological polar surface area (TPSA) is 58.6 Å². The van der Waals surface area contributed by atoms with Gasteiger partial charge in [-0.2, -0.15) is 0 Å². The molecule has 2 amide bonds. The van der Waals surface area contributed by atoms with Crippen LogP contribution in [0.5, 0.6) is 0 Å². The fourth-order valence-corrected chi connectivity index (χ4v) is 2.85. The molecule has 0 spiro atoms. The van der Waals surface area contributed by atoms with Crippen molar-refractivity contribution < 1.29 is 14.3 Å². The zero-order valence-electron chi connectivity index (χ0n) is 11.5. The third-order valence-electron chi connectivity index (χ3n) is 3.80. The van der Waals surface area contributed by atoms with E-state index in [1.54, 1.807) is 4.90 Å². The summed E-state index contributed by atoms with van der Waals surface area (Å²) in [6.45, 7) is 2.53. The molecule has 1 aromatic carbocycles. The van der Waals surface area contributed by atoms with Gasteiger partial charge in [0.25, 0.3) is 5.91 Å². The summed E-state index contributed by atoms with van der Waals surface area (Å²) in [6, 6.07) is 7.24. The average Bonchev–Trinajstić information content (AvgIpc) is 2.90. The number of anilines is 2. The number of para-hydroxylation sites is 2. The largest absolute Gasteiger partial charge is 0.368 e. The smallest absolute Gasteiger partial charge is 0.256 e. The van der Waals surface area contributed by atoms with Crippen molar-refractivity contribution in [3.05, 3.63) is 24.3 Å². The highest BCUT2D eigenvalue weighted by molar-refractivity contribution is 6.05. The molecule has 2 aliphatic rings. The number of nitrogens with zero attached hydrogens (tertiary/aromatic N) is 1. The maximum Gasteiger partial charge on any atom is 0.256 e. The van der Waals surface area contributed by atoms with Crippen LogP contribution in [0.2, 0.25) is 0 Å². The Morgan fingerprint density at radius 3 is 2.95 bits per heavy atom. The third-order valence-corrected chi connectivity index (χ3v) is 3.80. The monoisotopic (exact) mass is 274 g/mol. The first-order valence-corrected chi connectivity index (χ1v) is 7.00. The van der Waals surface area contributed by atoms with Gasteiger partial charge in [0.2, 0.25) is 5.91 Å². The standard InChI is InChI=1S/C15H18N2O3/c1-10-9-14(18)16-11-5-2-3-6-12(11)17(10)15(19)13-7-4-8-20-13/h2-3,5-6,10,13H,4,7-9H2,1H3,(H,16,18)/t10-,13-/m0/s1. The lowest BCUT2D eigenvalue weighted by molar-refractivity contribution is -0.127. The van der Waals surface area contributed by atoms with E-state index in [4.69, 9.17) is 4.74 Å². The van der Waals surface area contributed by atoms with E-state index in [1.807, 2.05) is 31.2 Å². The van der Waals surface area contributed by atoms with E-state index in [0.29, 0.717) is 18.7 Å². The second-order valence-electron chi connectivity index (χ2n) is 5.33. The molecule has 2 atom stereocenters. The van der Waals surface area contributed by atoms with Gasteiger partial charge in [-0.15, -0.1) is 0 Å². The van der Waals surface area contributed by atoms with Gasteiger partial charge < -0.3 is 15.0 Å². The van der Waals surface area contributed by atoms with Crippen LogP contribution in [-0.4, -0.2) is 30.6 Å². The molecule has 1 N–H and O–H groups in total. The Morgan fingerprint density at radius 2 is 2.20 bits per heavy atom. The highest BCUT2D eigenvalue weighted by atomic mass is 16.5. The molecule has 3 rings (SSSR count). The summed E-state index contributed by atoms with van der Waals surface area (Å²) in [5, 5.41) is 2.85. The van der Waals surface area contributed by atoms with Crippen molar-refractivity contribution in [2.75, 3.05) is 16.8 Å². The van der Waals surface area contributed by atoms with Crippen LogP contribution in [-0.2, 0) is 14.3 Å². The number of carbonyl (C=O) groups is 2. The van der Waals surface area contributed by atoms with Gasteiger partial charge in [0.05, 0.1) is 11.4 Å². The highest BCUT2D eigenvalue weighted by Gasteiger charge is 2.35. The Kier molecular flexibility index (Phi) is 3.44. The predicted octanol–water partition coefficient (Wildman–Crippen LogP) is 1.93. The van der Waals surface area contributed by atoms with Crippen LogP contribution in [0, 0.1) is 0 Å². The van der Waals surface area contributed by atoms with Crippen molar-refractivity contribution in [1.29, 1.82) is 0 Å². The van der Waals surface area contributed by atoms with E-state index in [9.17, 15) is 9.59 Å². The molecule has 2 aliphatic heterocycles. The number of rotatable bonds is 1. The Morgan fingerprint density at radius 1 is 1.40 bits per heavy atom. The van der Waals surface area contributed by atoms with Crippen molar-refractivity contribution in [1.82, 2.24) is 0 Å². The fraction of sp³-hybridized carbons (Fsp3) is 0.467. The molecule has 20 heavy (non-hydrogen) atoms. The number of benzene rings is 1. The number of amides is 2. The molecule has 0 bridgehead atoms. The number of carbonyl (C=O) groups excluding carboxylic acids is 2. The molecule has 1 aromatic rings. The van der Waals surface area contributed by atoms with E-state index in [-0.39, 0.29) is 24.0 Å². The molecule has 1 fully saturated rings. The number of ether oxygens (including phenoxy) is 1. The molecule has 1 saturated heterocycles. The maximum absolute atomic E-state index is 12.7. The second-order valence-corrected chi connectivity index (χ2v) is 5.33. The molecule has 0 aromatic heterocycles. The number of hydrogen-bond donors (Lipinski definition) is 1. The fourth-order valence-electron chi connectivity index (χ4n) is 2.85. The van der Waals surface area contributed by atoms with Crippen LogP contribution in [0.1, 0.15) is 26.2 Å². The van der Waals surface area contributed by atoms with Crippen LogP contribution in [0.15, 0.2) is 24.3 Å². The summed E-state index contributed by atoms with van der Waals surface area (Å²) < 4.78 is 5.50. The van der Waals surface area contributed by atoms with Gasteiger partial charge in [0.15, 0.2) is 0 Å². The van der Waals surface area contributed by atoms with Crippen LogP contribution in [0.3, 0.4) is 0 Å². The van der Waals surface area contributed by atoms with Crippen molar-refractivity contribution in [3.63, 3.8) is 0 Å². The number of hydrogen-bond acceptors (Lipinski definition) is 3. The SMILES string of the molecule is C[C@H]1CC(=O)Nc2ccccc2N1C(=O)[C@@H]1CCCO1. The molecular formula is C15H18N2O3. The van der Waals surface area contributed by atoms with Crippen molar-refractivity contribution in [3.8, 4) is 0 Å². The molecule has 106 valence electrons. The Balaban J connectivity index is 1.98. The first kappa shape index (κ1) is 13.1. The lowest BCUT2D eigenvalue weighted by atomic mass is 10.1. The van der Waals surface area contributed by atoms with Crippen molar-refractivity contribution >= 4 is 23.2 Å². The minimum atomic E-state index is -0.376. The molecule has 2 heterocycles. The van der Waals surface area contributed by atoms with Gasteiger partial charge in [-0.3, -0.25) is 9.59 Å². The average molecular weight is 274 g/mol. The lowest BCUT2D eigenvalue weighted by Gasteiger charge is -2.29. The molecule has 0 radical (unpaired) electrons. The summed E-state index contributed by atoms with van der Waals surface area (Å²) in [5.41, 5.74) is 1.44. The summed E-state index contributed by atoms with van der Waals surface area (Å²) in [6.07, 6.45) is 1.59. The van der Waals surface area contributed by atoms with E-state index in [0.717, 1.165) is 18.5 Å². The summed E-state index contributed by atoms with van der Waals surface area (Å²) in [5.74, 6) is -0.105. The normalized spacial score (nSPS) is 25.9. The summed E-state index contributed by atoms with van der Waals surface area (Å²) >= 11 is 0. The molecule has 0 unspecified atom stereocenters. The van der Waals surface area contributed by atoms with Crippen molar-refractivity contribution in [2.45, 2.75) is 38.3 Å². The van der Waals surface area contributed by atoms with E-state index >= 15 is 0 Å². The molecule has 5 nitrogen and oxygen atoms in total. The van der Waals surface area contributed by atoms with Crippen LogP contribution >= 0.6 is 0 Å². The predicted molar refractivity (Wildman–Crippen MR) is 75.6 cm³/mol. The van der Waals surface area contributed by atoms with Crippen LogP contribution in [0.25, 0.3) is 0 Å². The van der Waals surface area contributed by atoms with Gasteiger partial charge in [0.1, 0.15) is 6.10 Å². The quantitative estimate of drug-likeness (QED) is 0.851. The molecular weight excluding hydrogens is 256 g/mol. The van der Waals surface area contributed by atoms with E-state index in [2.05, 4.69) is 5.32 Å². The number of nitrogens with one attached hydrogen (secondary N) is 1. The first-order valence-electron chi connectivity index (χ1n) is 7.00. The van der Waals surface area contributed by atoms with E-state index < -0.39 is 0 Å². The summed E-state index contributed by atoms with van der Waals surface area (Å²) in [4.78, 5) is 26.3. The molecule has 0 saturated carbocycles. The Labute approximate surface area is 117 Å². The van der Waals surface area contributed by atoms with Gasteiger partial charge in [-0.25, -0.2) is 0 Å². The third kappa shape index (κ3) is 2.29. The minimum Gasteiger partial charge on any atom is -0.368 e. The second kappa shape index (κ2) is 5.25. The first-order chi connectivity index (χ1) is 9.66. The van der Waals surface area contributed by atoms with Gasteiger partial charge in [0, 0.05) is 19.1 Å². The zero-order valence-corrected chi connectivity index (χ0v) is 11.5. The minimum absolute atomic E-state index is 0.0426. The molecule has 0 aliphatic carbocycles. The van der Waals surface area contributed by atoms with Crippen LogP contribution in [0.4, 0.5) is 11.4 Å². The Hall–Kier alpha value is -1.88. The van der Waals surface area contributed by atoms with Crippen LogP contribution < -0.4 is 10.2 Å². The number of fused-ring (bicyclic) bond motifs is 1. The highest BCUT2D eigenvalue weighted by Crippen LogP contribution is 2.32. The molecule has 5 heteroatoms. The van der Waals surface area contributed by atoms with Gasteiger partial charge in [-0.1, -0.05) is 12.1 Å². The van der Waals surface area contributed by atoms with Gasteiger partial charge >= 0.3 is 0 Å². The van der Waals surface area contributed by atoms with Crippen molar-refractivity contribution in [2.24, 2.45) is 0 Å². The van der Waals surface area contributed by atoms with E-state index in [1.165, 1.54) is 0 Å². The maximum atomic E-state index is 12.7. The van der Waals surface area contributed by atoms with Gasteiger partial charge in [-0.05, 0) is 31.9 Å². The zero-order chi connectivity index (χ0) is 14.1.